The Morgan fingerprint density at radius 1 is 0.500 bits per heavy atom. The van der Waals surface area contributed by atoms with Crippen LogP contribution >= 0.6 is 0 Å². The molecule has 54 heavy (non-hydrogen) atoms. The van der Waals surface area contributed by atoms with Gasteiger partial charge in [-0.05, 0) is 246 Å². The third-order valence-corrected chi connectivity index (χ3v) is 26.3. The zero-order chi connectivity index (χ0) is 34.2. The zero-order valence-electron chi connectivity index (χ0n) is 32.2. The van der Waals surface area contributed by atoms with E-state index in [-0.39, 0.29) is 5.97 Å². The molecule has 0 radical (unpaired) electrons. The van der Waals surface area contributed by atoms with Crippen molar-refractivity contribution in [1.29, 1.82) is 0 Å². The minimum absolute atomic E-state index is 0.0172. The minimum atomic E-state index is 0.0172. The van der Waals surface area contributed by atoms with Crippen LogP contribution in [0.4, 0.5) is 0 Å². The van der Waals surface area contributed by atoms with Crippen molar-refractivity contribution in [3.63, 3.8) is 0 Å². The molecule has 33 atom stereocenters. The summed E-state index contributed by atoms with van der Waals surface area (Å²) in [6.07, 6.45) is 18.8. The largest absolute Gasteiger partial charge is 0.469 e. The smallest absolute Gasteiger partial charge is 0.305 e. The van der Waals surface area contributed by atoms with E-state index in [9.17, 15) is 4.79 Å². The second kappa shape index (κ2) is 8.59. The highest BCUT2D eigenvalue weighted by Crippen LogP contribution is 2.95. The van der Waals surface area contributed by atoms with Crippen molar-refractivity contribution in [2.75, 3.05) is 7.11 Å². The van der Waals surface area contributed by atoms with Gasteiger partial charge in [-0.15, -0.1) is 0 Å². The van der Waals surface area contributed by atoms with Crippen molar-refractivity contribution in [2.24, 2.45) is 189 Å². The number of allylic oxidation sites excluding steroid dienone is 2. The molecule has 0 aromatic heterocycles. The van der Waals surface area contributed by atoms with E-state index in [1.807, 2.05) is 0 Å². The summed E-state index contributed by atoms with van der Waals surface area (Å²) in [5.74, 6) is 34.6. The second-order valence-corrected chi connectivity index (χ2v) is 24.8. The van der Waals surface area contributed by atoms with E-state index in [4.69, 9.17) is 4.74 Å². The SMILES string of the molecule is COC(=O)CCCC1(c2ccccc2)C2C3C4C=CC5C6CCC7C8CCC9C%10CCC%11C%12C%10C%10C9C8C8C7C6C6C5C4C4C5C6C8C%10C5C%12C(C43)C%11C21. The lowest BCUT2D eigenvalue weighted by Gasteiger charge is -2.61. The summed E-state index contributed by atoms with van der Waals surface area (Å²) in [5, 5.41) is 0. The molecule has 2 nitrogen and oxygen atoms in total. The molecule has 1 aromatic carbocycles. The van der Waals surface area contributed by atoms with Crippen LogP contribution in [0.15, 0.2) is 42.5 Å². The fraction of sp³-hybridized carbons (Fsp3) is 0.827. The van der Waals surface area contributed by atoms with Gasteiger partial charge in [-0.25, -0.2) is 0 Å². The molecular weight excluding hydrogens is 657 g/mol. The fourth-order valence-corrected chi connectivity index (χ4v) is 27.7. The summed E-state index contributed by atoms with van der Waals surface area (Å²) in [6.45, 7) is 0. The van der Waals surface area contributed by atoms with E-state index in [0.29, 0.717) is 11.8 Å². The van der Waals surface area contributed by atoms with Gasteiger partial charge in [0.1, 0.15) is 0 Å². The van der Waals surface area contributed by atoms with Gasteiger partial charge < -0.3 is 4.74 Å². The number of benzene rings is 1. The highest BCUT2D eigenvalue weighted by Gasteiger charge is 2.91. The van der Waals surface area contributed by atoms with Crippen molar-refractivity contribution >= 4 is 5.97 Å². The Morgan fingerprint density at radius 3 is 1.57 bits per heavy atom. The van der Waals surface area contributed by atoms with Crippen molar-refractivity contribution in [1.82, 2.24) is 0 Å². The van der Waals surface area contributed by atoms with Crippen LogP contribution in [0.25, 0.3) is 0 Å². The first-order valence-electron chi connectivity index (χ1n) is 24.5. The maximum absolute atomic E-state index is 12.7. The van der Waals surface area contributed by atoms with Gasteiger partial charge in [-0.2, -0.15) is 0 Å². The Kier molecular flexibility index (Phi) is 4.57. The van der Waals surface area contributed by atoms with Crippen LogP contribution in [-0.2, 0) is 14.9 Å². The van der Waals surface area contributed by atoms with Gasteiger partial charge in [0.15, 0.2) is 0 Å². The predicted octanol–water partition coefficient (Wildman–Crippen LogP) is 9.11. The Hall–Kier alpha value is -1.57. The van der Waals surface area contributed by atoms with Gasteiger partial charge in [0.25, 0.3) is 0 Å². The lowest BCUT2D eigenvalue weighted by atomic mass is 9.43. The van der Waals surface area contributed by atoms with Crippen LogP contribution in [0.3, 0.4) is 0 Å². The number of fused-ring (bicyclic) bond motifs is 8. The number of ether oxygens (including phenoxy) is 1. The van der Waals surface area contributed by atoms with E-state index < -0.39 is 0 Å². The third-order valence-electron chi connectivity index (χ3n) is 26.3. The molecule has 0 saturated heterocycles. The summed E-state index contributed by atoms with van der Waals surface area (Å²) in [5.41, 5.74) is 1.98. The van der Waals surface area contributed by atoms with Crippen molar-refractivity contribution in [3.8, 4) is 0 Å². The lowest BCUT2D eigenvalue weighted by molar-refractivity contribution is -0.147. The average Bonchev–Trinajstić information content (AvgIpc) is 3.81. The molecule has 0 amide bonds. The van der Waals surface area contributed by atoms with E-state index >= 15 is 0 Å². The maximum Gasteiger partial charge on any atom is 0.305 e. The molecule has 2 heteroatoms. The van der Waals surface area contributed by atoms with E-state index in [1.165, 1.54) is 36.0 Å². The molecule has 280 valence electrons. The molecule has 16 fully saturated rings. The Bertz CT molecular complexity index is 2000. The van der Waals surface area contributed by atoms with Crippen molar-refractivity contribution in [2.45, 2.75) is 63.2 Å². The normalized spacial score (nSPS) is 73.1. The highest BCUT2D eigenvalue weighted by molar-refractivity contribution is 5.69. The van der Waals surface area contributed by atoms with Gasteiger partial charge in [0.05, 0.1) is 7.11 Å². The van der Waals surface area contributed by atoms with Crippen LogP contribution < -0.4 is 0 Å². The monoisotopic (exact) mass is 716 g/mol. The number of esters is 1. The minimum Gasteiger partial charge on any atom is -0.469 e. The number of hydrogen-bond acceptors (Lipinski definition) is 2. The van der Waals surface area contributed by atoms with E-state index in [1.54, 1.807) is 51.2 Å². The summed E-state index contributed by atoms with van der Waals surface area (Å²) in [7, 11) is 1.61. The average molecular weight is 717 g/mol. The molecular formula is C52H60O2. The number of methoxy groups -OCH3 is 1. The summed E-state index contributed by atoms with van der Waals surface area (Å²) >= 11 is 0. The molecule has 1 aromatic rings. The van der Waals surface area contributed by atoms with Crippen LogP contribution in [0.5, 0.6) is 0 Å². The first kappa shape index (κ1) is 28.8. The lowest BCUT2D eigenvalue weighted by Crippen LogP contribution is -2.58. The van der Waals surface area contributed by atoms with Crippen molar-refractivity contribution < 1.29 is 9.53 Å². The number of carbonyl (C=O) groups is 1. The fourth-order valence-electron chi connectivity index (χ4n) is 27.7. The Morgan fingerprint density at radius 2 is 0.926 bits per heavy atom. The van der Waals surface area contributed by atoms with Gasteiger partial charge in [0.2, 0.25) is 0 Å². The molecule has 17 aliphatic rings. The maximum atomic E-state index is 12.7. The summed E-state index contributed by atoms with van der Waals surface area (Å²) in [6, 6.07) is 12.2. The topological polar surface area (TPSA) is 26.3 Å². The molecule has 0 N–H and O–H groups in total. The van der Waals surface area contributed by atoms with Crippen LogP contribution in [0, 0.1) is 189 Å². The second-order valence-electron chi connectivity index (χ2n) is 24.8. The first-order chi connectivity index (χ1) is 26.7. The van der Waals surface area contributed by atoms with Crippen molar-refractivity contribution in [3.05, 3.63) is 48.0 Å². The molecule has 33 unspecified atom stereocenters. The molecule has 0 bridgehead atoms. The molecule has 0 spiro atoms. The van der Waals surface area contributed by atoms with Crippen LogP contribution in [0.1, 0.15) is 63.4 Å². The quantitative estimate of drug-likeness (QED) is 0.225. The molecule has 17 aliphatic carbocycles. The Labute approximate surface area is 322 Å². The number of hydrogen-bond donors (Lipinski definition) is 0. The van der Waals surface area contributed by atoms with E-state index in [2.05, 4.69) is 42.5 Å². The van der Waals surface area contributed by atoms with Gasteiger partial charge in [-0.1, -0.05) is 42.5 Å². The standard InChI is InChI=1S/C52H60O2/c1-54-27(53)8-5-17-52(18-6-3-2-4-7-18)50-36-25-15-13-23-21-11-9-19-20-10-12-22-24-14-16-26-35-33(24)40-31(22)29(20)38-28(19)30(21)39-32(23)34(25)41-43(36)44(37(26)51(50)52)42(35)49-47(40)45(38)46(39)48(41)49/h2-4,6-7,13,15,19-26,28-51H,5,8-12,14,16-17H2,1H3. The molecule has 0 heterocycles. The molecule has 18 rings (SSSR count). The third kappa shape index (κ3) is 2.47. The first-order valence-corrected chi connectivity index (χ1v) is 24.5. The summed E-state index contributed by atoms with van der Waals surface area (Å²) < 4.78 is 5.30. The van der Waals surface area contributed by atoms with Crippen LogP contribution in [-0.4, -0.2) is 13.1 Å². The van der Waals surface area contributed by atoms with Gasteiger partial charge in [-0.3, -0.25) is 4.79 Å². The van der Waals surface area contributed by atoms with Gasteiger partial charge >= 0.3 is 5.97 Å². The van der Waals surface area contributed by atoms with E-state index in [0.717, 1.165) is 166 Å². The van der Waals surface area contributed by atoms with Gasteiger partial charge in [0, 0.05) is 11.8 Å². The zero-order valence-corrected chi connectivity index (χ0v) is 32.2. The number of carbonyl (C=O) groups excluding carboxylic acids is 1. The highest BCUT2D eigenvalue weighted by atomic mass is 16.5. The summed E-state index contributed by atoms with van der Waals surface area (Å²) in [4.78, 5) is 12.7. The predicted molar refractivity (Wildman–Crippen MR) is 203 cm³/mol. The number of rotatable bonds is 5. The molecule has 16 saturated carbocycles. The Balaban J connectivity index is 0.921. The molecule has 0 aliphatic heterocycles. The van der Waals surface area contributed by atoms with Crippen LogP contribution in [0.2, 0.25) is 0 Å².